The quantitative estimate of drug-likeness (QED) is 0.715. The SMILES string of the molecule is C[C@H](C(=O)N1CCOCC1)[C@H]1CC[C@@]2(C)Cc3sc(-c4ccc(F)cc4)nc3[C@@H](C)[C@@H]2[C@H]1O. The van der Waals surface area contributed by atoms with Crippen LogP contribution >= 0.6 is 11.3 Å². The zero-order chi connectivity index (χ0) is 23.3. The van der Waals surface area contributed by atoms with E-state index in [1.807, 2.05) is 11.8 Å². The molecule has 33 heavy (non-hydrogen) atoms. The number of fused-ring (bicyclic) bond motifs is 2. The van der Waals surface area contributed by atoms with Crippen LogP contribution in [0.2, 0.25) is 0 Å². The highest BCUT2D eigenvalue weighted by Crippen LogP contribution is 2.57. The number of carbonyl (C=O) groups is 1. The second kappa shape index (κ2) is 8.75. The summed E-state index contributed by atoms with van der Waals surface area (Å²) in [5.74, 6) is -0.192. The summed E-state index contributed by atoms with van der Waals surface area (Å²) in [5.41, 5.74) is 1.98. The van der Waals surface area contributed by atoms with Gasteiger partial charge >= 0.3 is 0 Å². The van der Waals surface area contributed by atoms with Crippen LogP contribution in [-0.2, 0) is 16.0 Å². The molecule has 3 aliphatic rings. The molecule has 1 saturated heterocycles. The number of carbonyl (C=O) groups excluding carboxylic acids is 1. The maximum absolute atomic E-state index is 13.4. The Kier molecular flexibility index (Phi) is 6.08. The molecule has 0 spiro atoms. The summed E-state index contributed by atoms with van der Waals surface area (Å²) in [6.45, 7) is 8.91. The van der Waals surface area contributed by atoms with Crippen molar-refractivity contribution in [1.29, 1.82) is 0 Å². The highest BCUT2D eigenvalue weighted by Gasteiger charge is 2.54. The minimum Gasteiger partial charge on any atom is -0.392 e. The number of aliphatic hydroxyl groups is 1. The summed E-state index contributed by atoms with van der Waals surface area (Å²) in [5, 5.41) is 12.5. The number of aromatic nitrogens is 1. The molecule has 2 heterocycles. The zero-order valence-corrected chi connectivity index (χ0v) is 20.4. The highest BCUT2D eigenvalue weighted by atomic mass is 32.1. The number of thiazole rings is 1. The van der Waals surface area contributed by atoms with Gasteiger partial charge in [-0.2, -0.15) is 0 Å². The van der Waals surface area contributed by atoms with Crippen molar-refractivity contribution in [3.8, 4) is 10.6 Å². The van der Waals surface area contributed by atoms with Gasteiger partial charge in [-0.1, -0.05) is 20.8 Å². The van der Waals surface area contributed by atoms with E-state index >= 15 is 0 Å². The number of hydrogen-bond donors (Lipinski definition) is 1. The van der Waals surface area contributed by atoms with E-state index in [2.05, 4.69) is 13.8 Å². The number of amides is 1. The molecule has 1 N–H and O–H groups in total. The number of halogens is 1. The summed E-state index contributed by atoms with van der Waals surface area (Å²) < 4.78 is 18.8. The predicted octanol–water partition coefficient (Wildman–Crippen LogP) is 4.50. The Morgan fingerprint density at radius 1 is 1.30 bits per heavy atom. The molecule has 2 fully saturated rings. The average molecular weight is 473 g/mol. The number of hydrogen-bond acceptors (Lipinski definition) is 5. The van der Waals surface area contributed by atoms with Gasteiger partial charge in [0.1, 0.15) is 10.8 Å². The number of nitrogens with zero attached hydrogens (tertiary/aromatic N) is 2. The summed E-state index contributed by atoms with van der Waals surface area (Å²) in [4.78, 5) is 21.3. The molecular formula is C26H33FN2O3S. The molecule has 5 rings (SSSR count). The lowest BCUT2D eigenvalue weighted by Gasteiger charge is -2.53. The molecule has 1 amide bonds. The van der Waals surface area contributed by atoms with Crippen LogP contribution in [0.25, 0.3) is 10.6 Å². The lowest BCUT2D eigenvalue weighted by atomic mass is 9.53. The third-order valence-corrected chi connectivity index (χ3v) is 9.49. The van der Waals surface area contributed by atoms with Crippen LogP contribution in [0.4, 0.5) is 4.39 Å². The summed E-state index contributed by atoms with van der Waals surface area (Å²) >= 11 is 1.70. The second-order valence-corrected chi connectivity index (χ2v) is 11.5. The molecule has 1 aromatic heterocycles. The topological polar surface area (TPSA) is 62.7 Å². The summed E-state index contributed by atoms with van der Waals surface area (Å²) in [7, 11) is 0. The van der Waals surface area contributed by atoms with Crippen LogP contribution in [-0.4, -0.2) is 53.3 Å². The Balaban J connectivity index is 1.40. The van der Waals surface area contributed by atoms with E-state index in [9.17, 15) is 14.3 Å². The van der Waals surface area contributed by atoms with Crippen molar-refractivity contribution in [2.45, 2.75) is 52.1 Å². The molecule has 0 radical (unpaired) electrons. The average Bonchev–Trinajstić information content (AvgIpc) is 3.23. The Hall–Kier alpha value is -1.83. The van der Waals surface area contributed by atoms with E-state index in [-0.39, 0.29) is 40.8 Å². The molecule has 1 saturated carbocycles. The fraction of sp³-hybridized carbons (Fsp3) is 0.615. The molecule has 1 aliphatic heterocycles. The molecule has 1 aromatic carbocycles. The Morgan fingerprint density at radius 2 is 2.00 bits per heavy atom. The van der Waals surface area contributed by atoms with Gasteiger partial charge in [-0.15, -0.1) is 11.3 Å². The molecule has 0 unspecified atom stereocenters. The van der Waals surface area contributed by atoms with Crippen molar-refractivity contribution in [2.24, 2.45) is 23.2 Å². The van der Waals surface area contributed by atoms with Gasteiger partial charge in [0.15, 0.2) is 0 Å². The first-order valence-electron chi connectivity index (χ1n) is 12.1. The van der Waals surface area contributed by atoms with Gasteiger partial charge < -0.3 is 14.7 Å². The molecule has 2 aliphatic carbocycles. The first-order valence-corrected chi connectivity index (χ1v) is 12.9. The van der Waals surface area contributed by atoms with Crippen molar-refractivity contribution in [3.05, 3.63) is 40.7 Å². The van der Waals surface area contributed by atoms with Crippen molar-refractivity contribution in [1.82, 2.24) is 9.88 Å². The molecular weight excluding hydrogens is 439 g/mol. The normalized spacial score (nSPS) is 32.7. The van der Waals surface area contributed by atoms with Crippen molar-refractivity contribution in [3.63, 3.8) is 0 Å². The van der Waals surface area contributed by atoms with Gasteiger partial charge in [0.2, 0.25) is 5.91 Å². The predicted molar refractivity (Wildman–Crippen MR) is 127 cm³/mol. The van der Waals surface area contributed by atoms with Crippen molar-refractivity contribution < 1.29 is 19.0 Å². The van der Waals surface area contributed by atoms with Gasteiger partial charge in [0.05, 0.1) is 25.0 Å². The maximum Gasteiger partial charge on any atom is 0.225 e. The lowest BCUT2D eigenvalue weighted by Crippen LogP contribution is -2.54. The Bertz CT molecular complexity index is 1020. The van der Waals surface area contributed by atoms with Crippen molar-refractivity contribution >= 4 is 17.2 Å². The molecule has 178 valence electrons. The van der Waals surface area contributed by atoms with E-state index in [0.717, 1.165) is 35.5 Å². The van der Waals surface area contributed by atoms with Gasteiger partial charge in [0.25, 0.3) is 0 Å². The number of morpholine rings is 1. The highest BCUT2D eigenvalue weighted by molar-refractivity contribution is 7.15. The first kappa shape index (κ1) is 22.9. The monoisotopic (exact) mass is 472 g/mol. The van der Waals surface area contributed by atoms with Crippen molar-refractivity contribution in [2.75, 3.05) is 26.3 Å². The fourth-order valence-corrected chi connectivity index (χ4v) is 7.89. The van der Waals surface area contributed by atoms with Crippen LogP contribution in [0.15, 0.2) is 24.3 Å². The zero-order valence-electron chi connectivity index (χ0n) is 19.6. The summed E-state index contributed by atoms with van der Waals surface area (Å²) in [6, 6.07) is 6.51. The molecule has 6 atom stereocenters. The standard InChI is InChI=1S/C26H33FN2O3S/c1-15(25(31)29-10-12-32-13-11-29)19-8-9-26(3)14-20-22(16(2)21(26)23(19)30)28-24(33-20)17-4-6-18(27)7-5-17/h4-7,15-16,19,21,23,30H,8-14H2,1-3H3/t15-,16-,19+,21+,23-,26-/m0/s1. The third kappa shape index (κ3) is 4.02. The van der Waals surface area contributed by atoms with E-state index in [1.54, 1.807) is 23.5 Å². The molecule has 5 nitrogen and oxygen atoms in total. The maximum atomic E-state index is 13.4. The lowest BCUT2D eigenvalue weighted by molar-refractivity contribution is -0.148. The van der Waals surface area contributed by atoms with E-state index in [0.29, 0.717) is 26.3 Å². The molecule has 0 bridgehead atoms. The van der Waals surface area contributed by atoms with E-state index in [1.165, 1.54) is 17.0 Å². The molecule has 7 heteroatoms. The first-order chi connectivity index (χ1) is 15.8. The minimum atomic E-state index is -0.539. The van der Waals surface area contributed by atoms with Gasteiger partial charge in [0, 0.05) is 35.4 Å². The third-order valence-electron chi connectivity index (χ3n) is 8.37. The van der Waals surface area contributed by atoms with Crippen LogP contribution in [0.3, 0.4) is 0 Å². The largest absolute Gasteiger partial charge is 0.392 e. The van der Waals surface area contributed by atoms with Gasteiger partial charge in [-0.3, -0.25) is 4.79 Å². The van der Waals surface area contributed by atoms with Gasteiger partial charge in [-0.25, -0.2) is 9.37 Å². The second-order valence-electron chi connectivity index (χ2n) is 10.4. The Morgan fingerprint density at radius 3 is 2.70 bits per heavy atom. The Labute approximate surface area is 199 Å². The number of benzene rings is 1. The van der Waals surface area contributed by atoms with E-state index < -0.39 is 6.10 Å². The molecule has 2 aromatic rings. The van der Waals surface area contributed by atoms with E-state index in [4.69, 9.17) is 9.72 Å². The van der Waals surface area contributed by atoms with Crippen LogP contribution in [0, 0.1) is 29.0 Å². The number of ether oxygens (including phenoxy) is 1. The fourth-order valence-electron chi connectivity index (χ4n) is 6.52. The van der Waals surface area contributed by atoms with Crippen LogP contribution in [0.5, 0.6) is 0 Å². The van der Waals surface area contributed by atoms with Crippen LogP contribution < -0.4 is 0 Å². The summed E-state index contributed by atoms with van der Waals surface area (Å²) in [6.07, 6.45) is 2.21. The van der Waals surface area contributed by atoms with Crippen LogP contribution in [0.1, 0.15) is 50.1 Å². The van der Waals surface area contributed by atoms with Gasteiger partial charge in [-0.05, 0) is 60.8 Å². The number of aliphatic hydroxyl groups excluding tert-OH is 1. The minimum absolute atomic E-state index is 0.0172. The number of rotatable bonds is 3. The smallest absolute Gasteiger partial charge is 0.225 e.